The number of benzene rings is 3. The normalized spacial score (nSPS) is 20.4. The Hall–Kier alpha value is -3.50. The molecule has 3 atom stereocenters. The molecule has 2 aliphatic heterocycles. The number of halogens is 2. The van der Waals surface area contributed by atoms with E-state index in [1.54, 1.807) is 24.5 Å². The summed E-state index contributed by atoms with van der Waals surface area (Å²) < 4.78 is 62.2. The molecular formula is C32H33F2NO6S. The highest BCUT2D eigenvalue weighted by atomic mass is 32.2. The molecule has 1 saturated heterocycles. The van der Waals surface area contributed by atoms with E-state index in [-0.39, 0.29) is 18.9 Å². The number of carboxylic acids is 1. The van der Waals surface area contributed by atoms with Gasteiger partial charge in [0.05, 0.1) is 30.6 Å². The Balaban J connectivity index is 1.23. The maximum Gasteiger partial charge on any atom is 0.304 e. The van der Waals surface area contributed by atoms with Crippen molar-refractivity contribution in [2.24, 2.45) is 5.92 Å². The van der Waals surface area contributed by atoms with Crippen LogP contribution in [0, 0.1) is 31.4 Å². The molecule has 1 fully saturated rings. The summed E-state index contributed by atoms with van der Waals surface area (Å²) >= 11 is 0. The molecule has 3 aromatic rings. The molecule has 0 aromatic heterocycles. The molecule has 1 N–H and O–H groups in total. The van der Waals surface area contributed by atoms with E-state index in [0.717, 1.165) is 41.4 Å². The lowest BCUT2D eigenvalue weighted by Crippen LogP contribution is -2.49. The van der Waals surface area contributed by atoms with Gasteiger partial charge in [-0.3, -0.25) is 4.79 Å². The fraction of sp³-hybridized carbons (Fsp3) is 0.406. The Morgan fingerprint density at radius 1 is 1.07 bits per heavy atom. The minimum Gasteiger partial charge on any atom is -0.493 e. The van der Waals surface area contributed by atoms with Crippen molar-refractivity contribution in [2.45, 2.75) is 45.1 Å². The largest absolute Gasteiger partial charge is 0.493 e. The van der Waals surface area contributed by atoms with E-state index in [1.807, 2.05) is 30.3 Å². The van der Waals surface area contributed by atoms with E-state index in [4.69, 9.17) is 19.3 Å². The Bertz CT molecular complexity index is 1560. The Kier molecular flexibility index (Phi) is 7.70. The molecule has 1 unspecified atom stereocenters. The van der Waals surface area contributed by atoms with E-state index < -0.39 is 34.7 Å². The smallest absolute Gasteiger partial charge is 0.304 e. The van der Waals surface area contributed by atoms with Crippen LogP contribution in [0.25, 0.3) is 11.1 Å². The molecule has 0 radical (unpaired) electrons. The summed E-state index contributed by atoms with van der Waals surface area (Å²) in [6.45, 7) is 6.08. The number of aryl methyl sites for hydroxylation is 2. The number of fused-ring (bicyclic) bond motifs is 2. The van der Waals surface area contributed by atoms with Gasteiger partial charge in [0.15, 0.2) is 0 Å². The van der Waals surface area contributed by atoms with Crippen LogP contribution in [-0.4, -0.2) is 52.1 Å². The second kappa shape index (κ2) is 11.3. The number of hydrogen-bond acceptors (Lipinski definition) is 5. The highest BCUT2D eigenvalue weighted by molar-refractivity contribution is 7.81. The van der Waals surface area contributed by atoms with Gasteiger partial charge in [-0.15, -0.1) is 0 Å². The van der Waals surface area contributed by atoms with Crippen molar-refractivity contribution >= 4 is 17.0 Å². The zero-order valence-electron chi connectivity index (χ0n) is 23.7. The summed E-state index contributed by atoms with van der Waals surface area (Å²) in [6.07, 6.45) is 2.00. The van der Waals surface area contributed by atoms with Crippen LogP contribution in [0.1, 0.15) is 52.7 Å². The first-order valence-electron chi connectivity index (χ1n) is 14.1. The fourth-order valence-electron chi connectivity index (χ4n) is 6.43. The minimum absolute atomic E-state index is 0.0178. The number of carbonyl (C=O) groups is 1. The Morgan fingerprint density at radius 3 is 2.50 bits per heavy atom. The van der Waals surface area contributed by atoms with Gasteiger partial charge in [-0.1, -0.05) is 6.07 Å². The van der Waals surface area contributed by atoms with Crippen molar-refractivity contribution < 1.29 is 37.1 Å². The summed E-state index contributed by atoms with van der Waals surface area (Å²) in [7, 11) is -0.963. The first-order valence-corrected chi connectivity index (χ1v) is 15.6. The van der Waals surface area contributed by atoms with Crippen LogP contribution in [0.2, 0.25) is 0 Å². The maximum atomic E-state index is 15.5. The number of aliphatic carboxylic acids is 1. The van der Waals surface area contributed by atoms with Crippen LogP contribution in [0.5, 0.6) is 17.2 Å². The van der Waals surface area contributed by atoms with Gasteiger partial charge >= 0.3 is 5.97 Å². The first-order chi connectivity index (χ1) is 20.1. The average molecular weight is 598 g/mol. The van der Waals surface area contributed by atoms with Gasteiger partial charge in [0.2, 0.25) is 0 Å². The molecule has 2 heterocycles. The summed E-state index contributed by atoms with van der Waals surface area (Å²) in [4.78, 5) is 11.2. The highest BCUT2D eigenvalue weighted by Crippen LogP contribution is 2.46. The van der Waals surface area contributed by atoms with E-state index >= 15 is 8.78 Å². The van der Waals surface area contributed by atoms with Crippen molar-refractivity contribution in [1.82, 2.24) is 4.31 Å². The van der Waals surface area contributed by atoms with Gasteiger partial charge in [-0.25, -0.2) is 17.3 Å². The predicted octanol–water partition coefficient (Wildman–Crippen LogP) is 5.87. The molecule has 1 aliphatic carbocycles. The number of nitrogens with zero attached hydrogens (tertiary/aromatic N) is 1. The molecule has 10 heteroatoms. The summed E-state index contributed by atoms with van der Waals surface area (Å²) in [5, 5.41) is 9.15. The van der Waals surface area contributed by atoms with Crippen molar-refractivity contribution in [1.29, 1.82) is 0 Å². The van der Waals surface area contributed by atoms with Crippen LogP contribution in [0.15, 0.2) is 36.4 Å². The van der Waals surface area contributed by atoms with Gasteiger partial charge in [-0.05, 0) is 67.1 Å². The molecule has 3 aromatic carbocycles. The van der Waals surface area contributed by atoms with Crippen LogP contribution < -0.4 is 14.2 Å². The second-order valence-electron chi connectivity index (χ2n) is 11.4. The van der Waals surface area contributed by atoms with Gasteiger partial charge in [0.1, 0.15) is 35.0 Å². The Morgan fingerprint density at radius 2 is 1.81 bits per heavy atom. The topological polar surface area (TPSA) is 85.3 Å². The molecule has 7 nitrogen and oxygen atoms in total. The van der Waals surface area contributed by atoms with Crippen molar-refractivity contribution in [2.75, 3.05) is 32.6 Å². The molecule has 222 valence electrons. The highest BCUT2D eigenvalue weighted by Gasteiger charge is 2.34. The summed E-state index contributed by atoms with van der Waals surface area (Å²) in [5.74, 6) is -0.289. The molecule has 0 bridgehead atoms. The molecule has 0 saturated carbocycles. The summed E-state index contributed by atoms with van der Waals surface area (Å²) in [6, 6.07) is 9.98. The third kappa shape index (κ3) is 5.38. The van der Waals surface area contributed by atoms with E-state index in [2.05, 4.69) is 0 Å². The summed E-state index contributed by atoms with van der Waals surface area (Å²) in [5.41, 5.74) is 4.57. The SMILES string of the molecule is Cc1cc(OCC2CN(S(C)=O)C2)cc(C)c1-c1c(F)cc(F)c2c1CC[C@H]2Oc1ccc2c(c1)OC[C@H]2CC(=O)O. The van der Waals surface area contributed by atoms with Crippen molar-refractivity contribution in [3.8, 4) is 28.4 Å². The quantitative estimate of drug-likeness (QED) is 0.332. The average Bonchev–Trinajstić information content (AvgIpc) is 3.48. The number of hydrogen-bond donors (Lipinski definition) is 1. The fourth-order valence-corrected chi connectivity index (χ4v) is 7.27. The third-order valence-electron chi connectivity index (χ3n) is 8.45. The zero-order valence-corrected chi connectivity index (χ0v) is 24.6. The third-order valence-corrected chi connectivity index (χ3v) is 9.47. The van der Waals surface area contributed by atoms with Gasteiger partial charge < -0.3 is 19.3 Å². The first kappa shape index (κ1) is 28.6. The van der Waals surface area contributed by atoms with Gasteiger partial charge in [0, 0.05) is 60.0 Å². The lowest BCUT2D eigenvalue weighted by Gasteiger charge is -2.36. The van der Waals surface area contributed by atoms with Crippen LogP contribution in [-0.2, 0) is 22.2 Å². The minimum atomic E-state index is -0.963. The van der Waals surface area contributed by atoms with Crippen LogP contribution in [0.3, 0.4) is 0 Å². The number of rotatable bonds is 9. The molecule has 6 rings (SSSR count). The lowest BCUT2D eigenvalue weighted by molar-refractivity contribution is -0.137. The maximum absolute atomic E-state index is 15.5. The molecular weight excluding hydrogens is 564 g/mol. The molecule has 0 spiro atoms. The Labute approximate surface area is 246 Å². The van der Waals surface area contributed by atoms with Crippen molar-refractivity contribution in [3.05, 3.63) is 75.8 Å². The molecule has 0 amide bonds. The van der Waals surface area contributed by atoms with Crippen LogP contribution >= 0.6 is 0 Å². The van der Waals surface area contributed by atoms with E-state index in [0.29, 0.717) is 59.3 Å². The standard InChI is InChI=1S/C32H33F2NO6S/c1-17-8-22(39-15-19-13-35(14-19)42(3)38)9-18(2)30(17)32-24-6-7-27(31(24)25(33)12-26(32)34)41-21-4-5-23-20(10-29(36)37)16-40-28(23)11-21/h4-5,8-9,11-12,19-20,27H,6-7,10,13-16H2,1-3H3,(H,36,37)/t20-,27-,42?/m1/s1. The lowest BCUT2D eigenvalue weighted by atomic mass is 9.89. The van der Waals surface area contributed by atoms with Gasteiger partial charge in [0.25, 0.3) is 0 Å². The molecule has 3 aliphatic rings. The van der Waals surface area contributed by atoms with Crippen molar-refractivity contribution in [3.63, 3.8) is 0 Å². The zero-order chi connectivity index (χ0) is 29.7. The second-order valence-corrected chi connectivity index (χ2v) is 12.8. The predicted molar refractivity (Wildman–Crippen MR) is 155 cm³/mol. The number of ether oxygens (including phenoxy) is 3. The monoisotopic (exact) mass is 597 g/mol. The number of carboxylic acid groups (broad SMARTS) is 1. The van der Waals surface area contributed by atoms with E-state index in [9.17, 15) is 9.00 Å². The van der Waals surface area contributed by atoms with E-state index in [1.165, 1.54) is 0 Å². The van der Waals surface area contributed by atoms with Gasteiger partial charge in [-0.2, -0.15) is 0 Å². The molecule has 42 heavy (non-hydrogen) atoms. The van der Waals surface area contributed by atoms with Crippen LogP contribution in [0.4, 0.5) is 8.78 Å².